The molecule has 2 heterocycles. The zero-order valence-electron chi connectivity index (χ0n) is 17.0. The molecule has 0 radical (unpaired) electrons. The summed E-state index contributed by atoms with van der Waals surface area (Å²) in [6.45, 7) is 17.2. The Bertz CT molecular complexity index is 737. The van der Waals surface area contributed by atoms with Crippen LogP contribution >= 0.6 is 0 Å². The number of piperazine rings is 1. The van der Waals surface area contributed by atoms with Crippen molar-refractivity contribution in [2.24, 2.45) is 0 Å². The number of rotatable bonds is 4. The molecular weight excluding hydrogens is 324 g/mol. The topological polar surface area (TPSA) is 50.1 Å². The predicted molar refractivity (Wildman–Crippen MR) is 106 cm³/mol. The standard InChI is InChI=1S/C20H32N6/c1-7-17(19-21-22-23-26(19)20(4,5)6)24-10-12-25(13-11-24)18-14-15(2)8-9-16(18)3/h8-9,14,17H,7,10-13H2,1-6H3/t17-/m0/s1. The fourth-order valence-corrected chi connectivity index (χ4v) is 3.82. The molecular formula is C20H32N6. The quantitative estimate of drug-likeness (QED) is 0.841. The van der Waals surface area contributed by atoms with E-state index in [1.54, 1.807) is 0 Å². The number of benzene rings is 1. The Balaban J connectivity index is 1.74. The maximum Gasteiger partial charge on any atom is 0.168 e. The average molecular weight is 357 g/mol. The maximum absolute atomic E-state index is 4.38. The van der Waals surface area contributed by atoms with Crippen molar-refractivity contribution in [3.63, 3.8) is 0 Å². The number of tetrazole rings is 1. The first kappa shape index (κ1) is 18.8. The fraction of sp³-hybridized carbons (Fsp3) is 0.650. The molecule has 1 aromatic heterocycles. The molecule has 0 N–H and O–H groups in total. The molecule has 1 aliphatic heterocycles. The average Bonchev–Trinajstić information content (AvgIpc) is 3.08. The van der Waals surface area contributed by atoms with E-state index >= 15 is 0 Å². The Morgan fingerprint density at radius 3 is 2.38 bits per heavy atom. The van der Waals surface area contributed by atoms with Gasteiger partial charge in [-0.3, -0.25) is 4.90 Å². The maximum atomic E-state index is 4.38. The normalized spacial score (nSPS) is 17.5. The highest BCUT2D eigenvalue weighted by Gasteiger charge is 2.31. The number of aryl methyl sites for hydroxylation is 2. The van der Waals surface area contributed by atoms with Gasteiger partial charge in [0, 0.05) is 31.9 Å². The summed E-state index contributed by atoms with van der Waals surface area (Å²) in [5.74, 6) is 0.986. The number of anilines is 1. The zero-order valence-corrected chi connectivity index (χ0v) is 17.0. The molecule has 2 aromatic rings. The number of aromatic nitrogens is 4. The molecule has 6 heteroatoms. The number of nitrogens with zero attached hydrogens (tertiary/aromatic N) is 6. The van der Waals surface area contributed by atoms with Gasteiger partial charge in [-0.05, 0) is 68.7 Å². The zero-order chi connectivity index (χ0) is 18.9. The Kier molecular flexibility index (Phi) is 5.32. The van der Waals surface area contributed by atoms with Gasteiger partial charge >= 0.3 is 0 Å². The highest BCUT2D eigenvalue weighted by atomic mass is 15.6. The lowest BCUT2D eigenvalue weighted by molar-refractivity contribution is 0.161. The van der Waals surface area contributed by atoms with Crippen LogP contribution in [0.1, 0.15) is 57.1 Å². The summed E-state index contributed by atoms with van der Waals surface area (Å²) in [5, 5.41) is 12.6. The first-order chi connectivity index (χ1) is 12.3. The fourth-order valence-electron chi connectivity index (χ4n) is 3.82. The Morgan fingerprint density at radius 1 is 1.08 bits per heavy atom. The van der Waals surface area contributed by atoms with E-state index in [1.165, 1.54) is 16.8 Å². The Hall–Kier alpha value is -1.95. The van der Waals surface area contributed by atoms with Crippen molar-refractivity contribution in [2.45, 2.75) is 59.5 Å². The van der Waals surface area contributed by atoms with E-state index in [1.807, 2.05) is 4.68 Å². The summed E-state index contributed by atoms with van der Waals surface area (Å²) in [4.78, 5) is 5.05. The lowest BCUT2D eigenvalue weighted by Crippen LogP contribution is -2.48. The third kappa shape index (κ3) is 3.75. The summed E-state index contributed by atoms with van der Waals surface area (Å²) in [6.07, 6.45) is 1.01. The summed E-state index contributed by atoms with van der Waals surface area (Å²) in [5.41, 5.74) is 3.95. The molecule has 0 spiro atoms. The van der Waals surface area contributed by atoms with Crippen LogP contribution in [0.4, 0.5) is 5.69 Å². The van der Waals surface area contributed by atoms with Gasteiger partial charge < -0.3 is 4.90 Å². The monoisotopic (exact) mass is 356 g/mol. The Labute approximate surface area is 157 Å². The van der Waals surface area contributed by atoms with Crippen molar-refractivity contribution in [3.8, 4) is 0 Å². The molecule has 1 aromatic carbocycles. The molecule has 6 nitrogen and oxygen atoms in total. The third-order valence-electron chi connectivity index (χ3n) is 5.27. The van der Waals surface area contributed by atoms with Crippen LogP contribution in [0, 0.1) is 13.8 Å². The summed E-state index contributed by atoms with van der Waals surface area (Å²) in [6, 6.07) is 6.99. The van der Waals surface area contributed by atoms with Crippen LogP contribution in [0.2, 0.25) is 0 Å². The van der Waals surface area contributed by atoms with Crippen molar-refractivity contribution in [1.29, 1.82) is 0 Å². The van der Waals surface area contributed by atoms with Crippen LogP contribution in [0.5, 0.6) is 0 Å². The van der Waals surface area contributed by atoms with Crippen molar-refractivity contribution in [1.82, 2.24) is 25.1 Å². The van der Waals surface area contributed by atoms with E-state index < -0.39 is 0 Å². The second kappa shape index (κ2) is 7.35. The Morgan fingerprint density at radius 2 is 1.77 bits per heavy atom. The second-order valence-corrected chi connectivity index (χ2v) is 8.36. The highest BCUT2D eigenvalue weighted by Crippen LogP contribution is 2.29. The molecule has 1 fully saturated rings. The molecule has 0 bridgehead atoms. The smallest absolute Gasteiger partial charge is 0.168 e. The second-order valence-electron chi connectivity index (χ2n) is 8.36. The van der Waals surface area contributed by atoms with Gasteiger partial charge in [0.1, 0.15) is 0 Å². The summed E-state index contributed by atoms with van der Waals surface area (Å²) >= 11 is 0. The van der Waals surface area contributed by atoms with Crippen molar-refractivity contribution < 1.29 is 0 Å². The molecule has 0 amide bonds. The number of hydrogen-bond acceptors (Lipinski definition) is 5. The van der Waals surface area contributed by atoms with Gasteiger partial charge in [0.05, 0.1) is 11.6 Å². The molecule has 0 saturated carbocycles. The van der Waals surface area contributed by atoms with E-state index in [-0.39, 0.29) is 11.6 Å². The van der Waals surface area contributed by atoms with Gasteiger partial charge in [-0.15, -0.1) is 5.10 Å². The molecule has 1 saturated heterocycles. The minimum atomic E-state index is -0.104. The first-order valence-corrected chi connectivity index (χ1v) is 9.66. The minimum absolute atomic E-state index is 0.104. The summed E-state index contributed by atoms with van der Waals surface area (Å²) < 4.78 is 1.98. The minimum Gasteiger partial charge on any atom is -0.369 e. The van der Waals surface area contributed by atoms with Crippen LogP contribution in [0.15, 0.2) is 18.2 Å². The SMILES string of the molecule is CC[C@@H](c1nnnn1C(C)(C)C)N1CCN(c2cc(C)ccc2C)CC1. The third-order valence-corrected chi connectivity index (χ3v) is 5.27. The van der Waals surface area contributed by atoms with Gasteiger partial charge in [0.15, 0.2) is 5.82 Å². The predicted octanol–water partition coefficient (Wildman–Crippen LogP) is 3.32. The summed E-state index contributed by atoms with van der Waals surface area (Å²) in [7, 11) is 0. The van der Waals surface area contributed by atoms with Crippen LogP contribution < -0.4 is 4.90 Å². The molecule has 26 heavy (non-hydrogen) atoms. The molecule has 3 rings (SSSR count). The molecule has 1 aliphatic rings. The van der Waals surface area contributed by atoms with Crippen LogP contribution in [0.25, 0.3) is 0 Å². The van der Waals surface area contributed by atoms with Crippen LogP contribution in [-0.2, 0) is 5.54 Å². The van der Waals surface area contributed by atoms with Crippen LogP contribution in [0.3, 0.4) is 0 Å². The van der Waals surface area contributed by atoms with E-state index in [0.29, 0.717) is 0 Å². The van der Waals surface area contributed by atoms with Gasteiger partial charge in [0.2, 0.25) is 0 Å². The largest absolute Gasteiger partial charge is 0.369 e. The molecule has 0 aliphatic carbocycles. The van der Waals surface area contributed by atoms with E-state index in [9.17, 15) is 0 Å². The van der Waals surface area contributed by atoms with Crippen LogP contribution in [-0.4, -0.2) is 51.3 Å². The molecule has 0 unspecified atom stereocenters. The lowest BCUT2D eigenvalue weighted by atomic mass is 10.1. The molecule has 1 atom stereocenters. The first-order valence-electron chi connectivity index (χ1n) is 9.66. The van der Waals surface area contributed by atoms with Crippen molar-refractivity contribution in [2.75, 3.05) is 31.1 Å². The van der Waals surface area contributed by atoms with Crippen molar-refractivity contribution >= 4 is 5.69 Å². The van der Waals surface area contributed by atoms with E-state index in [4.69, 9.17) is 0 Å². The van der Waals surface area contributed by atoms with Gasteiger partial charge in [-0.1, -0.05) is 19.1 Å². The van der Waals surface area contributed by atoms with Crippen molar-refractivity contribution in [3.05, 3.63) is 35.2 Å². The van der Waals surface area contributed by atoms with E-state index in [2.05, 4.69) is 85.1 Å². The van der Waals surface area contributed by atoms with Gasteiger partial charge in [-0.25, -0.2) is 4.68 Å². The van der Waals surface area contributed by atoms with Gasteiger partial charge in [-0.2, -0.15) is 0 Å². The lowest BCUT2D eigenvalue weighted by Gasteiger charge is -2.40. The highest BCUT2D eigenvalue weighted by molar-refractivity contribution is 5.55. The van der Waals surface area contributed by atoms with E-state index in [0.717, 1.165) is 38.4 Å². The number of hydrogen-bond donors (Lipinski definition) is 0. The van der Waals surface area contributed by atoms with Gasteiger partial charge in [0.25, 0.3) is 0 Å². The molecule has 142 valence electrons.